The Morgan fingerprint density at radius 2 is 2.10 bits per heavy atom. The molecule has 0 spiro atoms. The molecule has 1 aromatic rings. The number of hydrogen-bond donors (Lipinski definition) is 2. The van der Waals surface area contributed by atoms with Crippen LogP contribution in [0.4, 0.5) is 11.4 Å². The van der Waals surface area contributed by atoms with Crippen LogP contribution in [0.25, 0.3) is 0 Å². The predicted molar refractivity (Wildman–Crippen MR) is 77.0 cm³/mol. The number of nitrogens with zero attached hydrogens (tertiary/aromatic N) is 1. The van der Waals surface area contributed by atoms with E-state index in [1.165, 1.54) is 6.07 Å². The van der Waals surface area contributed by atoms with Gasteiger partial charge in [-0.05, 0) is 31.4 Å². The van der Waals surface area contributed by atoms with Crippen LogP contribution >= 0.6 is 0 Å². The Morgan fingerprint density at radius 3 is 2.85 bits per heavy atom. The van der Waals surface area contributed by atoms with E-state index < -0.39 is 10.0 Å². The summed E-state index contributed by atoms with van der Waals surface area (Å²) in [5, 5.41) is 5.21. The fourth-order valence-electron chi connectivity index (χ4n) is 3.26. The fourth-order valence-corrected chi connectivity index (χ4v) is 3.94. The Morgan fingerprint density at radius 1 is 1.30 bits per heavy atom. The van der Waals surface area contributed by atoms with Crippen LogP contribution in [0.15, 0.2) is 23.1 Å². The Kier molecular flexibility index (Phi) is 3.35. The van der Waals surface area contributed by atoms with Gasteiger partial charge < -0.3 is 15.4 Å². The highest BCUT2D eigenvalue weighted by Gasteiger charge is 2.37. The zero-order valence-corrected chi connectivity index (χ0v) is 12.0. The second kappa shape index (κ2) is 4.91. The summed E-state index contributed by atoms with van der Waals surface area (Å²) >= 11 is 0. The van der Waals surface area contributed by atoms with Crippen LogP contribution in [0.3, 0.4) is 0 Å². The lowest BCUT2D eigenvalue weighted by atomic mass is 10.1. The molecule has 20 heavy (non-hydrogen) atoms. The minimum atomic E-state index is -3.80. The molecule has 6 nitrogen and oxygen atoms in total. The van der Waals surface area contributed by atoms with Crippen LogP contribution in [0.1, 0.15) is 19.3 Å². The second-order valence-corrected chi connectivity index (χ2v) is 6.86. The third kappa shape index (κ3) is 2.25. The smallest absolute Gasteiger partial charge is 0.240 e. The van der Waals surface area contributed by atoms with E-state index in [2.05, 4.69) is 4.90 Å². The highest BCUT2D eigenvalue weighted by molar-refractivity contribution is 7.89. The summed E-state index contributed by atoms with van der Waals surface area (Å²) in [5.41, 5.74) is 7.03. The number of nitrogen functional groups attached to an aromatic ring is 1. The molecule has 1 aromatic carbocycles. The van der Waals surface area contributed by atoms with Gasteiger partial charge in [-0.1, -0.05) is 6.07 Å². The second-order valence-electron chi connectivity index (χ2n) is 5.33. The molecule has 2 fully saturated rings. The van der Waals surface area contributed by atoms with Crippen molar-refractivity contribution < 1.29 is 13.2 Å². The Bertz CT molecular complexity index is 617. The van der Waals surface area contributed by atoms with Crippen molar-refractivity contribution in [2.24, 2.45) is 5.14 Å². The van der Waals surface area contributed by atoms with Gasteiger partial charge in [0.25, 0.3) is 0 Å². The molecule has 3 rings (SSSR count). The van der Waals surface area contributed by atoms with E-state index in [4.69, 9.17) is 15.6 Å². The number of anilines is 2. The molecule has 0 bridgehead atoms. The van der Waals surface area contributed by atoms with Crippen molar-refractivity contribution in [3.63, 3.8) is 0 Å². The molecule has 2 atom stereocenters. The summed E-state index contributed by atoms with van der Waals surface area (Å²) in [6, 6.07) is 5.26. The van der Waals surface area contributed by atoms with Gasteiger partial charge in [-0.2, -0.15) is 0 Å². The van der Waals surface area contributed by atoms with E-state index in [1.807, 2.05) is 6.07 Å². The van der Waals surface area contributed by atoms with E-state index in [-0.39, 0.29) is 22.7 Å². The number of hydrogen-bond acceptors (Lipinski definition) is 5. The fraction of sp³-hybridized carbons (Fsp3) is 0.538. The molecule has 7 heteroatoms. The van der Waals surface area contributed by atoms with Gasteiger partial charge in [0.15, 0.2) is 0 Å². The summed E-state index contributed by atoms with van der Waals surface area (Å²) in [6.07, 6.45) is 3.45. The number of sulfonamides is 1. The van der Waals surface area contributed by atoms with Crippen molar-refractivity contribution in [2.75, 3.05) is 23.8 Å². The monoisotopic (exact) mass is 297 g/mol. The van der Waals surface area contributed by atoms with Gasteiger partial charge in [0.1, 0.15) is 4.90 Å². The topological polar surface area (TPSA) is 98.6 Å². The molecule has 1 aliphatic heterocycles. The maximum atomic E-state index is 11.6. The first-order chi connectivity index (χ1) is 9.48. The first-order valence-electron chi connectivity index (χ1n) is 6.78. The molecule has 0 amide bonds. The third-order valence-corrected chi connectivity index (χ3v) is 5.11. The van der Waals surface area contributed by atoms with E-state index >= 15 is 0 Å². The van der Waals surface area contributed by atoms with Crippen LogP contribution < -0.4 is 15.8 Å². The van der Waals surface area contributed by atoms with E-state index in [1.54, 1.807) is 6.07 Å². The van der Waals surface area contributed by atoms with Crippen molar-refractivity contribution >= 4 is 21.4 Å². The van der Waals surface area contributed by atoms with Crippen LogP contribution in [-0.2, 0) is 14.8 Å². The molecule has 1 saturated heterocycles. The maximum absolute atomic E-state index is 11.6. The number of nitrogens with two attached hydrogens (primary N) is 2. The number of primary sulfonamides is 1. The van der Waals surface area contributed by atoms with Gasteiger partial charge >= 0.3 is 0 Å². The van der Waals surface area contributed by atoms with E-state index in [0.29, 0.717) is 6.61 Å². The minimum absolute atomic E-state index is 0.00367. The number of fused-ring (bicyclic) bond motifs is 1. The third-order valence-electron chi connectivity index (χ3n) is 4.14. The molecule has 0 aromatic heterocycles. The summed E-state index contributed by atoms with van der Waals surface area (Å²) < 4.78 is 28.9. The van der Waals surface area contributed by atoms with Crippen LogP contribution in [0, 0.1) is 0 Å². The number of rotatable bonds is 2. The lowest BCUT2D eigenvalue weighted by Gasteiger charge is -2.40. The molecule has 1 saturated carbocycles. The van der Waals surface area contributed by atoms with Gasteiger partial charge in [-0.3, -0.25) is 0 Å². The molecule has 110 valence electrons. The van der Waals surface area contributed by atoms with E-state index in [0.717, 1.165) is 31.5 Å². The van der Waals surface area contributed by atoms with Crippen molar-refractivity contribution in [3.8, 4) is 0 Å². The Balaban J connectivity index is 2.02. The highest BCUT2D eigenvalue weighted by Crippen LogP contribution is 2.37. The standard InChI is InChI=1S/C13H19N3O3S/c14-13-10(4-2-6-12(13)20(15,17)18)16-7-8-19-11-5-1-3-9(11)16/h2,4,6,9,11H,1,3,5,7-8,14H2,(H2,15,17,18). The molecule has 4 N–H and O–H groups in total. The number of ether oxygens (including phenoxy) is 1. The normalized spacial score (nSPS) is 26.6. The van der Waals surface area contributed by atoms with Crippen LogP contribution in [0.5, 0.6) is 0 Å². The molecule has 1 aliphatic carbocycles. The summed E-state index contributed by atoms with van der Waals surface area (Å²) in [7, 11) is -3.80. The Labute approximate surface area is 118 Å². The van der Waals surface area contributed by atoms with Gasteiger partial charge in [0.05, 0.1) is 30.1 Å². The van der Waals surface area contributed by atoms with Crippen molar-refractivity contribution in [3.05, 3.63) is 18.2 Å². The largest absolute Gasteiger partial charge is 0.396 e. The number of benzene rings is 1. The van der Waals surface area contributed by atoms with Crippen molar-refractivity contribution in [2.45, 2.75) is 36.3 Å². The first-order valence-corrected chi connectivity index (χ1v) is 8.32. The van der Waals surface area contributed by atoms with Gasteiger partial charge in [0.2, 0.25) is 10.0 Å². The van der Waals surface area contributed by atoms with Gasteiger partial charge in [0, 0.05) is 6.54 Å². The van der Waals surface area contributed by atoms with Crippen LogP contribution in [-0.4, -0.2) is 33.7 Å². The van der Waals surface area contributed by atoms with E-state index in [9.17, 15) is 8.42 Å². The SMILES string of the molecule is Nc1c(N2CCOC3CCCC32)cccc1S(N)(=O)=O. The molecule has 2 unspecified atom stereocenters. The van der Waals surface area contributed by atoms with Crippen molar-refractivity contribution in [1.82, 2.24) is 0 Å². The number of morpholine rings is 1. The average Bonchev–Trinajstić information content (AvgIpc) is 2.86. The highest BCUT2D eigenvalue weighted by atomic mass is 32.2. The van der Waals surface area contributed by atoms with Gasteiger partial charge in [-0.25, -0.2) is 13.6 Å². The summed E-state index contributed by atoms with van der Waals surface area (Å²) in [4.78, 5) is 2.17. The van der Waals surface area contributed by atoms with Crippen molar-refractivity contribution in [1.29, 1.82) is 0 Å². The molecular weight excluding hydrogens is 278 g/mol. The summed E-state index contributed by atoms with van der Waals surface area (Å²) in [6.45, 7) is 1.36. The minimum Gasteiger partial charge on any atom is -0.396 e. The lowest BCUT2D eigenvalue weighted by Crippen LogP contribution is -2.49. The lowest BCUT2D eigenvalue weighted by molar-refractivity contribution is 0.0257. The predicted octanol–water partition coefficient (Wildman–Crippen LogP) is 0.674. The van der Waals surface area contributed by atoms with Gasteiger partial charge in [-0.15, -0.1) is 0 Å². The average molecular weight is 297 g/mol. The molecule has 2 aliphatic rings. The maximum Gasteiger partial charge on any atom is 0.240 e. The first kappa shape index (κ1) is 13.7. The zero-order valence-electron chi connectivity index (χ0n) is 11.2. The molecular formula is C13H19N3O3S. The quantitative estimate of drug-likeness (QED) is 0.782. The molecule has 0 radical (unpaired) electrons. The summed E-state index contributed by atoms with van der Waals surface area (Å²) in [5.74, 6) is 0. The Hall–Kier alpha value is -1.31. The number of para-hydroxylation sites is 1. The zero-order chi connectivity index (χ0) is 14.3. The molecule has 1 heterocycles. The van der Waals surface area contributed by atoms with Crippen LogP contribution in [0.2, 0.25) is 0 Å².